The van der Waals surface area contributed by atoms with Crippen LogP contribution >= 0.6 is 0 Å². The van der Waals surface area contributed by atoms with Crippen LogP contribution in [0.5, 0.6) is 0 Å². The normalized spacial score (nSPS) is 12.2. The third-order valence-corrected chi connectivity index (χ3v) is 6.67. The summed E-state index contributed by atoms with van der Waals surface area (Å²) in [6, 6.07) is 0. The lowest BCUT2D eigenvalue weighted by molar-refractivity contribution is -0.139. The highest BCUT2D eigenvalue weighted by molar-refractivity contribution is 6.35. The highest BCUT2D eigenvalue weighted by Crippen LogP contribution is 2.12. The molecule has 0 aromatic rings. The van der Waals surface area contributed by atoms with Crippen LogP contribution in [0.4, 0.5) is 19.2 Å². The average Bonchev–Trinajstić information content (AvgIpc) is 2.98. The van der Waals surface area contributed by atoms with Gasteiger partial charge in [-0.05, 0) is 115 Å². The maximum absolute atomic E-state index is 12.7. The molecule has 0 heterocycles. The van der Waals surface area contributed by atoms with Crippen LogP contribution in [0.3, 0.4) is 0 Å². The zero-order valence-corrected chi connectivity index (χ0v) is 35.6. The first-order valence-electron chi connectivity index (χ1n) is 19.3. The first-order chi connectivity index (χ1) is 25.3. The quantitative estimate of drug-likeness (QED) is 0.0363. The van der Waals surface area contributed by atoms with E-state index in [4.69, 9.17) is 18.9 Å². The van der Waals surface area contributed by atoms with Gasteiger partial charge in [-0.2, -0.15) is 0 Å². The molecule has 17 nitrogen and oxygen atoms in total. The minimum absolute atomic E-state index is 0.0497. The number of unbranched alkanes of at least 4 members (excludes halogenated alkanes) is 6. The summed E-state index contributed by atoms with van der Waals surface area (Å²) < 4.78 is 21.2. The summed E-state index contributed by atoms with van der Waals surface area (Å²) in [5, 5.41) is 13.4. The van der Waals surface area contributed by atoms with Crippen LogP contribution in [0.1, 0.15) is 141 Å². The minimum Gasteiger partial charge on any atom is -0.444 e. The number of nitrogens with one attached hydrogen (secondary N) is 5. The van der Waals surface area contributed by atoms with Gasteiger partial charge in [-0.15, -0.1) is 4.99 Å². The van der Waals surface area contributed by atoms with E-state index in [-0.39, 0.29) is 12.5 Å². The third-order valence-electron chi connectivity index (χ3n) is 6.67. The second-order valence-corrected chi connectivity index (χ2v) is 17.1. The summed E-state index contributed by atoms with van der Waals surface area (Å²) in [5.74, 6) is -1.45. The number of alkyl carbamates (subject to hydrolysis) is 2. The maximum Gasteiger partial charge on any atom is 0.437 e. The van der Waals surface area contributed by atoms with Crippen molar-refractivity contribution >= 4 is 42.1 Å². The lowest BCUT2D eigenvalue weighted by atomic mass is 10.1. The molecule has 0 aliphatic carbocycles. The maximum atomic E-state index is 12.7. The predicted molar refractivity (Wildman–Crippen MR) is 211 cm³/mol. The number of hydrogen-bond donors (Lipinski definition) is 5. The van der Waals surface area contributed by atoms with Crippen LogP contribution in [0.2, 0.25) is 0 Å². The Balaban J connectivity index is 4.38. The van der Waals surface area contributed by atoms with E-state index in [2.05, 4.69) is 31.6 Å². The van der Waals surface area contributed by atoms with Crippen LogP contribution in [0.25, 0.3) is 0 Å². The average molecular weight is 786 g/mol. The number of aliphatic imine (C=N–C) groups is 1. The van der Waals surface area contributed by atoms with Crippen LogP contribution in [0, 0.1) is 0 Å². The number of nitrogens with zero attached hydrogens (tertiary/aromatic N) is 2. The van der Waals surface area contributed by atoms with Gasteiger partial charge in [0.2, 0.25) is 5.96 Å². The highest BCUT2D eigenvalue weighted by Gasteiger charge is 2.23. The summed E-state index contributed by atoms with van der Waals surface area (Å²) in [5.41, 5.74) is -2.73. The van der Waals surface area contributed by atoms with Gasteiger partial charge < -0.3 is 45.1 Å². The Morgan fingerprint density at radius 2 is 0.855 bits per heavy atom. The molecule has 0 atom stereocenters. The molecule has 5 N–H and O–H groups in total. The van der Waals surface area contributed by atoms with Crippen LogP contribution < -0.4 is 26.6 Å². The Morgan fingerprint density at radius 3 is 1.35 bits per heavy atom. The molecule has 0 aromatic heterocycles. The van der Waals surface area contributed by atoms with Crippen molar-refractivity contribution in [3.05, 3.63) is 0 Å². The van der Waals surface area contributed by atoms with Crippen molar-refractivity contribution in [2.45, 2.75) is 163 Å². The Kier molecular flexibility index (Phi) is 23.0. The molecule has 0 fully saturated rings. The van der Waals surface area contributed by atoms with Gasteiger partial charge in [-0.3, -0.25) is 14.9 Å². The first-order valence-corrected chi connectivity index (χ1v) is 19.3. The number of rotatable bonds is 18. The number of ether oxygens (including phenoxy) is 4. The van der Waals surface area contributed by atoms with Crippen molar-refractivity contribution in [2.24, 2.45) is 4.99 Å². The first kappa shape index (κ1) is 50.7. The Labute approximate surface area is 328 Å². The zero-order valence-electron chi connectivity index (χ0n) is 35.6. The summed E-state index contributed by atoms with van der Waals surface area (Å²) in [6.45, 7) is 23.2. The van der Waals surface area contributed by atoms with Gasteiger partial charge in [0, 0.05) is 39.3 Å². The van der Waals surface area contributed by atoms with Gasteiger partial charge in [0.25, 0.3) is 0 Å². The number of carbonyl (C=O) groups is 6. The molecule has 0 unspecified atom stereocenters. The van der Waals surface area contributed by atoms with E-state index in [9.17, 15) is 28.8 Å². The van der Waals surface area contributed by atoms with E-state index in [1.165, 1.54) is 0 Å². The molecule has 318 valence electrons. The standard InChI is InChI=1S/C38H71N7O10/c1-35(2,3)52-31(48)42-25-21-27-45(34(51)55-38(10,11)12)26-20-19-23-40-29(47)28(46)39-22-17-15-13-14-16-18-24-41-30(43-32(49)53-36(4,5)6)44-33(50)54-37(7,8)9/h13-27H2,1-12H3,(H,39,46)(H,40,47)(H,42,48)(H2,41,43,44,49,50). The van der Waals surface area contributed by atoms with E-state index in [0.29, 0.717) is 52.0 Å². The van der Waals surface area contributed by atoms with Crippen LogP contribution in [-0.4, -0.2) is 109 Å². The fourth-order valence-corrected chi connectivity index (χ4v) is 4.44. The predicted octanol–water partition coefficient (Wildman–Crippen LogP) is 5.90. The smallest absolute Gasteiger partial charge is 0.437 e. The van der Waals surface area contributed by atoms with Gasteiger partial charge in [-0.1, -0.05) is 25.7 Å². The van der Waals surface area contributed by atoms with Gasteiger partial charge in [0.1, 0.15) is 22.4 Å². The van der Waals surface area contributed by atoms with Crippen molar-refractivity contribution < 1.29 is 47.7 Å². The number of carbonyl (C=O) groups excluding carboxylic acids is 6. The molecule has 6 amide bonds. The monoisotopic (exact) mass is 786 g/mol. The van der Waals surface area contributed by atoms with Gasteiger partial charge in [-0.25, -0.2) is 19.2 Å². The highest BCUT2D eigenvalue weighted by atomic mass is 16.6. The lowest BCUT2D eigenvalue weighted by Crippen LogP contribution is -2.44. The van der Waals surface area contributed by atoms with Gasteiger partial charge in [0.05, 0.1) is 0 Å². The van der Waals surface area contributed by atoms with Crippen molar-refractivity contribution in [1.29, 1.82) is 0 Å². The Hall–Kier alpha value is -4.31. The van der Waals surface area contributed by atoms with E-state index in [0.717, 1.165) is 38.5 Å². The van der Waals surface area contributed by atoms with Crippen molar-refractivity contribution in [3.63, 3.8) is 0 Å². The van der Waals surface area contributed by atoms with Gasteiger partial charge >= 0.3 is 36.2 Å². The van der Waals surface area contributed by atoms with E-state index in [1.54, 1.807) is 88.0 Å². The molecule has 0 saturated carbocycles. The topological polar surface area (TPSA) is 215 Å². The second-order valence-electron chi connectivity index (χ2n) is 17.1. The Bertz CT molecular complexity index is 1250. The summed E-state index contributed by atoms with van der Waals surface area (Å²) in [4.78, 5) is 78.9. The molecule has 55 heavy (non-hydrogen) atoms. The van der Waals surface area contributed by atoms with Crippen molar-refractivity contribution in [2.75, 3.05) is 39.3 Å². The molecule has 0 spiro atoms. The molecular formula is C38H71N7O10. The molecule has 0 aliphatic rings. The SMILES string of the molecule is CC(C)(C)OC(=O)/N=C(/NCCCCCCCCNC(=O)C(=O)NCCCCN(CCCNC(=O)OC(C)(C)C)C(=O)OC(C)(C)C)NC(=O)OC(C)(C)C. The molecule has 0 bridgehead atoms. The van der Waals surface area contributed by atoms with Crippen LogP contribution in [0.15, 0.2) is 4.99 Å². The van der Waals surface area contributed by atoms with E-state index < -0.39 is 58.6 Å². The van der Waals surface area contributed by atoms with Crippen molar-refractivity contribution in [1.82, 2.24) is 31.5 Å². The van der Waals surface area contributed by atoms with E-state index >= 15 is 0 Å². The minimum atomic E-state index is -0.838. The third kappa shape index (κ3) is 31.7. The number of amides is 6. The molecule has 0 rings (SSSR count). The lowest BCUT2D eigenvalue weighted by Gasteiger charge is -2.27. The fraction of sp³-hybridized carbons (Fsp3) is 0.816. The largest absolute Gasteiger partial charge is 0.444 e. The second kappa shape index (κ2) is 25.0. The van der Waals surface area contributed by atoms with Gasteiger partial charge in [0.15, 0.2) is 0 Å². The molecular weight excluding hydrogens is 714 g/mol. The van der Waals surface area contributed by atoms with Crippen LogP contribution in [-0.2, 0) is 28.5 Å². The summed E-state index contributed by atoms with van der Waals surface area (Å²) in [6.07, 6.45) is 4.13. The Morgan fingerprint density at radius 1 is 0.455 bits per heavy atom. The molecule has 0 radical (unpaired) electrons. The summed E-state index contributed by atoms with van der Waals surface area (Å²) >= 11 is 0. The zero-order chi connectivity index (χ0) is 42.3. The molecule has 17 heteroatoms. The number of hydrogen-bond acceptors (Lipinski definition) is 10. The molecule has 0 aliphatic heterocycles. The van der Waals surface area contributed by atoms with Crippen molar-refractivity contribution in [3.8, 4) is 0 Å². The van der Waals surface area contributed by atoms with E-state index in [1.807, 2.05) is 0 Å². The number of guanidine groups is 1. The summed E-state index contributed by atoms with van der Waals surface area (Å²) in [7, 11) is 0. The molecule has 0 saturated heterocycles. The molecule has 0 aromatic carbocycles. The fourth-order valence-electron chi connectivity index (χ4n) is 4.44.